The molecule has 0 atom stereocenters. The van der Waals surface area contributed by atoms with E-state index in [9.17, 15) is 4.79 Å². The summed E-state index contributed by atoms with van der Waals surface area (Å²) in [6.07, 6.45) is 1.73. The molecule has 110 valence electrons. The van der Waals surface area contributed by atoms with E-state index in [1.165, 1.54) is 5.56 Å². The zero-order valence-corrected chi connectivity index (χ0v) is 12.9. The van der Waals surface area contributed by atoms with Crippen molar-refractivity contribution < 1.29 is 9.53 Å². The minimum absolute atomic E-state index is 0.0381. The molecule has 0 saturated heterocycles. The number of thiophene rings is 1. The normalized spacial score (nSPS) is 10.1. The highest BCUT2D eigenvalue weighted by atomic mass is 32.1. The van der Waals surface area contributed by atoms with Crippen LogP contribution in [0.5, 0.6) is 5.75 Å². The number of ether oxygens (including phenoxy) is 1. The number of amides is 1. The van der Waals surface area contributed by atoms with Crippen molar-refractivity contribution in [1.29, 1.82) is 0 Å². The van der Waals surface area contributed by atoms with Crippen molar-refractivity contribution in [3.63, 3.8) is 0 Å². The molecule has 0 radical (unpaired) electrons. The molecule has 0 bridgehead atoms. The predicted molar refractivity (Wildman–Crippen MR) is 86.6 cm³/mol. The third kappa shape index (κ3) is 4.76. The molecule has 0 aliphatic heterocycles. The van der Waals surface area contributed by atoms with Gasteiger partial charge in [-0.05, 0) is 30.5 Å². The SMILES string of the molecule is C=CCN(Cc1cccs1)C(=O)COc1ccc(C)cc1. The van der Waals surface area contributed by atoms with E-state index < -0.39 is 0 Å². The Morgan fingerprint density at radius 2 is 2.10 bits per heavy atom. The lowest BCUT2D eigenvalue weighted by Crippen LogP contribution is -2.34. The molecule has 0 spiro atoms. The second kappa shape index (κ2) is 7.64. The van der Waals surface area contributed by atoms with Crippen molar-refractivity contribution in [2.45, 2.75) is 13.5 Å². The number of nitrogens with zero attached hydrogens (tertiary/aromatic N) is 1. The molecule has 21 heavy (non-hydrogen) atoms. The number of carbonyl (C=O) groups is 1. The van der Waals surface area contributed by atoms with Crippen molar-refractivity contribution in [2.75, 3.05) is 13.2 Å². The lowest BCUT2D eigenvalue weighted by molar-refractivity contribution is -0.133. The Morgan fingerprint density at radius 3 is 2.71 bits per heavy atom. The Bertz CT molecular complexity index is 575. The average Bonchev–Trinajstić information content (AvgIpc) is 2.99. The van der Waals surface area contributed by atoms with Crippen LogP contribution in [0.3, 0.4) is 0 Å². The standard InChI is InChI=1S/C17H19NO2S/c1-3-10-18(12-16-5-4-11-21-16)17(19)13-20-15-8-6-14(2)7-9-15/h3-9,11H,1,10,12-13H2,2H3. The zero-order chi connectivity index (χ0) is 15.1. The quantitative estimate of drug-likeness (QED) is 0.731. The smallest absolute Gasteiger partial charge is 0.261 e. The van der Waals surface area contributed by atoms with Gasteiger partial charge >= 0.3 is 0 Å². The van der Waals surface area contributed by atoms with E-state index in [0.29, 0.717) is 18.8 Å². The van der Waals surface area contributed by atoms with Crippen LogP contribution < -0.4 is 4.74 Å². The highest BCUT2D eigenvalue weighted by Crippen LogP contribution is 2.14. The second-order valence-electron chi connectivity index (χ2n) is 4.74. The largest absolute Gasteiger partial charge is 0.484 e. The van der Waals surface area contributed by atoms with E-state index in [2.05, 4.69) is 6.58 Å². The van der Waals surface area contributed by atoms with Crippen molar-refractivity contribution in [1.82, 2.24) is 4.90 Å². The van der Waals surface area contributed by atoms with Crippen molar-refractivity contribution in [3.8, 4) is 5.75 Å². The molecule has 4 heteroatoms. The van der Waals surface area contributed by atoms with Crippen LogP contribution in [-0.4, -0.2) is 24.0 Å². The second-order valence-corrected chi connectivity index (χ2v) is 5.78. The lowest BCUT2D eigenvalue weighted by Gasteiger charge is -2.20. The van der Waals surface area contributed by atoms with E-state index in [-0.39, 0.29) is 12.5 Å². The summed E-state index contributed by atoms with van der Waals surface area (Å²) in [5.74, 6) is 0.674. The minimum Gasteiger partial charge on any atom is -0.484 e. The Labute approximate surface area is 129 Å². The number of hydrogen-bond donors (Lipinski definition) is 0. The van der Waals surface area contributed by atoms with E-state index in [1.807, 2.05) is 48.7 Å². The summed E-state index contributed by atoms with van der Waals surface area (Å²) in [5.41, 5.74) is 1.17. The highest BCUT2D eigenvalue weighted by Gasteiger charge is 2.14. The number of benzene rings is 1. The topological polar surface area (TPSA) is 29.5 Å². The molecule has 3 nitrogen and oxygen atoms in total. The maximum Gasteiger partial charge on any atom is 0.261 e. The van der Waals surface area contributed by atoms with Crippen LogP contribution in [-0.2, 0) is 11.3 Å². The third-order valence-corrected chi connectivity index (χ3v) is 3.87. The van der Waals surface area contributed by atoms with Gasteiger partial charge in [0.05, 0.1) is 6.54 Å². The molecule has 1 aromatic heterocycles. The van der Waals surface area contributed by atoms with Gasteiger partial charge in [-0.1, -0.05) is 29.8 Å². The number of aryl methyl sites for hydroxylation is 1. The molecule has 1 aromatic carbocycles. The van der Waals surface area contributed by atoms with Crippen molar-refractivity contribution >= 4 is 17.2 Å². The van der Waals surface area contributed by atoms with Gasteiger partial charge in [-0.25, -0.2) is 0 Å². The highest BCUT2D eigenvalue weighted by molar-refractivity contribution is 7.09. The van der Waals surface area contributed by atoms with Gasteiger partial charge in [0.25, 0.3) is 5.91 Å². The summed E-state index contributed by atoms with van der Waals surface area (Å²) in [6, 6.07) is 11.7. The summed E-state index contributed by atoms with van der Waals surface area (Å²) in [4.78, 5) is 15.2. The summed E-state index contributed by atoms with van der Waals surface area (Å²) >= 11 is 1.64. The fourth-order valence-corrected chi connectivity index (χ4v) is 2.59. The predicted octanol–water partition coefficient (Wildman–Crippen LogP) is 3.65. The molecule has 2 aromatic rings. The van der Waals surface area contributed by atoms with Gasteiger partial charge in [0.2, 0.25) is 0 Å². The van der Waals surface area contributed by atoms with Crippen LogP contribution in [0.15, 0.2) is 54.4 Å². The van der Waals surface area contributed by atoms with Crippen LogP contribution in [0, 0.1) is 6.92 Å². The van der Waals surface area contributed by atoms with Crippen molar-refractivity contribution in [2.24, 2.45) is 0 Å². The van der Waals surface area contributed by atoms with E-state index >= 15 is 0 Å². The molecular formula is C17H19NO2S. The zero-order valence-electron chi connectivity index (χ0n) is 12.1. The summed E-state index contributed by atoms with van der Waals surface area (Å²) in [7, 11) is 0. The number of hydrogen-bond acceptors (Lipinski definition) is 3. The van der Waals surface area contributed by atoms with Crippen LogP contribution >= 0.6 is 11.3 Å². The first-order chi connectivity index (χ1) is 10.2. The van der Waals surface area contributed by atoms with Crippen LogP contribution in [0.1, 0.15) is 10.4 Å². The monoisotopic (exact) mass is 301 g/mol. The van der Waals surface area contributed by atoms with Gasteiger partial charge < -0.3 is 9.64 Å². The van der Waals surface area contributed by atoms with Crippen LogP contribution in [0.2, 0.25) is 0 Å². The Morgan fingerprint density at radius 1 is 1.33 bits per heavy atom. The fraction of sp³-hybridized carbons (Fsp3) is 0.235. The fourth-order valence-electron chi connectivity index (χ4n) is 1.87. The van der Waals surface area contributed by atoms with E-state index in [4.69, 9.17) is 4.74 Å². The van der Waals surface area contributed by atoms with Gasteiger partial charge in [0.1, 0.15) is 5.75 Å². The average molecular weight is 301 g/mol. The number of rotatable bonds is 7. The molecule has 2 rings (SSSR count). The van der Waals surface area contributed by atoms with Gasteiger partial charge in [0, 0.05) is 11.4 Å². The molecule has 0 N–H and O–H groups in total. The van der Waals surface area contributed by atoms with E-state index in [1.54, 1.807) is 22.3 Å². The first-order valence-electron chi connectivity index (χ1n) is 6.79. The third-order valence-electron chi connectivity index (χ3n) is 3.01. The minimum atomic E-state index is -0.0381. The molecule has 0 saturated carbocycles. The molecule has 1 amide bonds. The first-order valence-corrected chi connectivity index (χ1v) is 7.67. The maximum atomic E-state index is 12.3. The molecule has 1 heterocycles. The summed E-state index contributed by atoms with van der Waals surface area (Å²) in [5, 5.41) is 2.01. The Balaban J connectivity index is 1.91. The van der Waals surface area contributed by atoms with Gasteiger partial charge in [0.15, 0.2) is 6.61 Å². The summed E-state index contributed by atoms with van der Waals surface area (Å²) < 4.78 is 5.55. The molecule has 0 aliphatic carbocycles. The van der Waals surface area contributed by atoms with Gasteiger partial charge in [-0.3, -0.25) is 4.79 Å². The van der Waals surface area contributed by atoms with Gasteiger partial charge in [-0.15, -0.1) is 17.9 Å². The van der Waals surface area contributed by atoms with Gasteiger partial charge in [-0.2, -0.15) is 0 Å². The Kier molecular flexibility index (Phi) is 5.58. The Hall–Kier alpha value is -2.07. The maximum absolute atomic E-state index is 12.3. The molecule has 0 aliphatic rings. The lowest BCUT2D eigenvalue weighted by atomic mass is 10.2. The van der Waals surface area contributed by atoms with E-state index in [0.717, 1.165) is 4.88 Å². The first kappa shape index (κ1) is 15.3. The van der Waals surface area contributed by atoms with Crippen LogP contribution in [0.4, 0.5) is 0 Å². The molecule has 0 fully saturated rings. The molecule has 0 unspecified atom stereocenters. The number of carbonyl (C=O) groups excluding carboxylic acids is 1. The molecular weight excluding hydrogens is 282 g/mol. The summed E-state index contributed by atoms with van der Waals surface area (Å²) in [6.45, 7) is 6.89. The van der Waals surface area contributed by atoms with Crippen LogP contribution in [0.25, 0.3) is 0 Å². The van der Waals surface area contributed by atoms with Crippen molar-refractivity contribution in [3.05, 3.63) is 64.9 Å².